The Morgan fingerprint density at radius 1 is 1.24 bits per heavy atom. The third-order valence-electron chi connectivity index (χ3n) is 4.82. The van der Waals surface area contributed by atoms with Crippen LogP contribution in [0.5, 0.6) is 0 Å². The first kappa shape index (κ1) is 18.7. The van der Waals surface area contributed by atoms with Crippen molar-refractivity contribution in [3.8, 4) is 0 Å². The van der Waals surface area contributed by atoms with Crippen LogP contribution in [0.4, 0.5) is 5.95 Å². The van der Waals surface area contributed by atoms with Gasteiger partial charge >= 0.3 is 0 Å². The highest BCUT2D eigenvalue weighted by Crippen LogP contribution is 2.30. The van der Waals surface area contributed by atoms with Gasteiger partial charge in [0, 0.05) is 25.9 Å². The lowest BCUT2D eigenvalue weighted by molar-refractivity contribution is -0.136. The zero-order chi connectivity index (χ0) is 20.5. The number of imide groups is 2. The van der Waals surface area contributed by atoms with Crippen LogP contribution < -0.4 is 16.4 Å². The number of carbonyl (C=O) groups excluding carboxylic acids is 4. The lowest BCUT2D eigenvalue weighted by Gasteiger charge is -2.27. The highest BCUT2D eigenvalue weighted by atomic mass is 16.5. The molecule has 0 saturated carbocycles. The smallest absolute Gasteiger partial charge is 0.263 e. The van der Waals surface area contributed by atoms with Gasteiger partial charge in [-0.15, -0.1) is 0 Å². The van der Waals surface area contributed by atoms with Crippen molar-refractivity contribution in [1.29, 1.82) is 0 Å². The van der Waals surface area contributed by atoms with Crippen LogP contribution in [0.15, 0.2) is 22.7 Å². The zero-order valence-electron chi connectivity index (χ0n) is 15.3. The number of nitrogens with two attached hydrogens (primary N) is 1. The highest BCUT2D eigenvalue weighted by molar-refractivity contribution is 6.24. The van der Waals surface area contributed by atoms with Crippen LogP contribution in [0.25, 0.3) is 0 Å². The Morgan fingerprint density at radius 3 is 2.83 bits per heavy atom. The summed E-state index contributed by atoms with van der Waals surface area (Å²) < 4.78 is 5.04. The van der Waals surface area contributed by atoms with Crippen molar-refractivity contribution in [2.45, 2.75) is 31.8 Å². The molecule has 3 heterocycles. The number of hydrogen-bond donors (Lipinski definition) is 3. The molecule has 1 saturated heterocycles. The molecule has 0 spiro atoms. The number of aromatic nitrogens is 2. The summed E-state index contributed by atoms with van der Waals surface area (Å²) in [6, 6.07) is 3.90. The molecule has 4 rings (SSSR count). The summed E-state index contributed by atoms with van der Waals surface area (Å²) in [6.07, 6.45) is 0.626. The Balaban J connectivity index is 1.56. The minimum Gasteiger partial charge on any atom is -0.347 e. The Morgan fingerprint density at radius 2 is 2.07 bits per heavy atom. The second-order valence-corrected chi connectivity index (χ2v) is 6.69. The number of fused-ring (bicyclic) bond motifs is 1. The van der Waals surface area contributed by atoms with Crippen LogP contribution in [-0.2, 0) is 22.6 Å². The summed E-state index contributed by atoms with van der Waals surface area (Å²) in [5.74, 6) is -1.54. The molecule has 11 heteroatoms. The molecule has 1 aromatic carbocycles. The number of hydrogen-bond acceptors (Lipinski definition) is 9. The topological polar surface area (TPSA) is 161 Å². The van der Waals surface area contributed by atoms with Gasteiger partial charge in [0.05, 0.1) is 11.1 Å². The molecule has 4 N–H and O–H groups in total. The molecule has 11 nitrogen and oxygen atoms in total. The minimum atomic E-state index is -1.00. The van der Waals surface area contributed by atoms with E-state index in [4.69, 9.17) is 10.3 Å². The van der Waals surface area contributed by atoms with E-state index in [2.05, 4.69) is 20.8 Å². The van der Waals surface area contributed by atoms with Gasteiger partial charge < -0.3 is 15.6 Å². The molecule has 1 unspecified atom stereocenters. The molecule has 150 valence electrons. The van der Waals surface area contributed by atoms with Crippen LogP contribution >= 0.6 is 0 Å². The first-order valence-corrected chi connectivity index (χ1v) is 9.09. The average molecular weight is 398 g/mol. The van der Waals surface area contributed by atoms with E-state index >= 15 is 0 Å². The van der Waals surface area contributed by atoms with Crippen molar-refractivity contribution in [3.63, 3.8) is 0 Å². The molecule has 2 aliphatic heterocycles. The number of amides is 4. The first-order chi connectivity index (χ1) is 14.0. The molecule has 2 aliphatic rings. The van der Waals surface area contributed by atoms with Gasteiger partial charge in [-0.2, -0.15) is 4.98 Å². The largest absolute Gasteiger partial charge is 0.347 e. The Bertz CT molecular complexity index is 1020. The summed E-state index contributed by atoms with van der Waals surface area (Å²) in [5, 5.41) is 8.91. The normalized spacial score (nSPS) is 18.8. The fraction of sp³-hybridized carbons (Fsp3) is 0.333. The standard InChI is InChI=1S/C18H18N6O5/c19-7-6-13-22-18(23-29-13)20-8-9-2-1-3-10-14(9)17(28)24(16(10)27)11-4-5-12(25)21-15(11)26/h1-3,11H,4-8,19H2,(H,20,23)(H,21,25,26). The average Bonchev–Trinajstić information content (AvgIpc) is 3.24. The molecule has 0 radical (unpaired) electrons. The molecular formula is C18H18N6O5. The number of carbonyl (C=O) groups is 4. The number of benzene rings is 1. The van der Waals surface area contributed by atoms with E-state index < -0.39 is 29.7 Å². The maximum atomic E-state index is 13.0. The summed E-state index contributed by atoms with van der Waals surface area (Å²) >= 11 is 0. The van der Waals surface area contributed by atoms with E-state index in [1.165, 1.54) is 0 Å². The summed E-state index contributed by atoms with van der Waals surface area (Å²) in [6.45, 7) is 0.549. The molecule has 0 bridgehead atoms. The third kappa shape index (κ3) is 3.36. The van der Waals surface area contributed by atoms with Crippen LogP contribution in [0.2, 0.25) is 0 Å². The second kappa shape index (κ2) is 7.43. The molecular weight excluding hydrogens is 380 g/mol. The minimum absolute atomic E-state index is 0.0706. The quantitative estimate of drug-likeness (QED) is 0.549. The lowest BCUT2D eigenvalue weighted by Crippen LogP contribution is -2.54. The van der Waals surface area contributed by atoms with Gasteiger partial charge in [0.1, 0.15) is 6.04 Å². The Labute approximate surface area is 164 Å². The number of nitrogens with zero attached hydrogens (tertiary/aromatic N) is 3. The summed E-state index contributed by atoms with van der Waals surface area (Å²) in [4.78, 5) is 54.4. The maximum Gasteiger partial charge on any atom is 0.263 e. The van der Waals surface area contributed by atoms with E-state index in [-0.39, 0.29) is 36.5 Å². The van der Waals surface area contributed by atoms with Gasteiger partial charge in [-0.25, -0.2) is 0 Å². The number of piperidine rings is 1. The zero-order valence-corrected chi connectivity index (χ0v) is 15.3. The van der Waals surface area contributed by atoms with Crippen molar-refractivity contribution in [3.05, 3.63) is 40.8 Å². The fourth-order valence-corrected chi connectivity index (χ4v) is 3.46. The lowest BCUT2D eigenvalue weighted by atomic mass is 10.0. The Kier molecular flexibility index (Phi) is 4.80. The van der Waals surface area contributed by atoms with Crippen molar-refractivity contribution in [2.75, 3.05) is 11.9 Å². The second-order valence-electron chi connectivity index (χ2n) is 6.69. The SMILES string of the molecule is NCCc1nc(NCc2cccc3c2C(=O)N(C2CCC(=O)NC2=O)C3=O)no1. The molecule has 1 aromatic heterocycles. The first-order valence-electron chi connectivity index (χ1n) is 9.09. The predicted molar refractivity (Wildman–Crippen MR) is 97.5 cm³/mol. The predicted octanol–water partition coefficient (Wildman–Crippen LogP) is -0.416. The van der Waals surface area contributed by atoms with Crippen molar-refractivity contribution in [1.82, 2.24) is 20.4 Å². The van der Waals surface area contributed by atoms with Crippen molar-refractivity contribution in [2.24, 2.45) is 5.73 Å². The van der Waals surface area contributed by atoms with Crippen LogP contribution in [-0.4, -0.2) is 51.3 Å². The van der Waals surface area contributed by atoms with E-state index in [9.17, 15) is 19.2 Å². The van der Waals surface area contributed by atoms with Gasteiger partial charge in [0.15, 0.2) is 0 Å². The highest BCUT2D eigenvalue weighted by Gasteiger charge is 2.45. The molecule has 29 heavy (non-hydrogen) atoms. The van der Waals surface area contributed by atoms with Crippen molar-refractivity contribution >= 4 is 29.6 Å². The maximum absolute atomic E-state index is 13.0. The molecule has 1 fully saturated rings. The third-order valence-corrected chi connectivity index (χ3v) is 4.82. The van der Waals surface area contributed by atoms with Gasteiger partial charge in [-0.1, -0.05) is 12.1 Å². The van der Waals surface area contributed by atoms with Crippen LogP contribution in [0, 0.1) is 0 Å². The molecule has 1 atom stereocenters. The Hall–Kier alpha value is -3.60. The van der Waals surface area contributed by atoms with E-state index in [1.807, 2.05) is 0 Å². The van der Waals surface area contributed by atoms with Gasteiger partial charge in [0.2, 0.25) is 17.7 Å². The van der Waals surface area contributed by atoms with Gasteiger partial charge in [-0.05, 0) is 23.2 Å². The van der Waals surface area contributed by atoms with E-state index in [0.29, 0.717) is 24.4 Å². The van der Waals surface area contributed by atoms with Crippen LogP contribution in [0.1, 0.15) is 45.0 Å². The molecule has 2 aromatic rings. The monoisotopic (exact) mass is 398 g/mol. The molecule has 4 amide bonds. The van der Waals surface area contributed by atoms with E-state index in [1.54, 1.807) is 18.2 Å². The number of rotatable bonds is 6. The summed E-state index contributed by atoms with van der Waals surface area (Å²) in [5.41, 5.74) is 6.44. The van der Waals surface area contributed by atoms with Crippen molar-refractivity contribution < 1.29 is 23.7 Å². The van der Waals surface area contributed by atoms with Gasteiger partial charge in [-0.3, -0.25) is 29.4 Å². The number of nitrogens with one attached hydrogen (secondary N) is 2. The van der Waals surface area contributed by atoms with E-state index in [0.717, 1.165) is 4.90 Å². The summed E-state index contributed by atoms with van der Waals surface area (Å²) in [7, 11) is 0. The number of anilines is 1. The fourth-order valence-electron chi connectivity index (χ4n) is 3.46. The van der Waals surface area contributed by atoms with Gasteiger partial charge in [0.25, 0.3) is 17.8 Å². The molecule has 0 aliphatic carbocycles. The van der Waals surface area contributed by atoms with Crippen LogP contribution in [0.3, 0.4) is 0 Å².